The van der Waals surface area contributed by atoms with Crippen LogP contribution in [0.4, 0.5) is 10.7 Å². The average Bonchev–Trinajstić information content (AvgIpc) is 3.28. The van der Waals surface area contributed by atoms with Crippen molar-refractivity contribution in [3.05, 3.63) is 46.3 Å². The number of anilines is 2. The zero-order chi connectivity index (χ0) is 19.7. The second-order valence-electron chi connectivity index (χ2n) is 7.45. The largest absolute Gasteiger partial charge is 0.369 e. The summed E-state index contributed by atoms with van der Waals surface area (Å²) in [7, 11) is 0. The second kappa shape index (κ2) is 7.93. The maximum absolute atomic E-state index is 12.9. The van der Waals surface area contributed by atoms with Crippen molar-refractivity contribution in [3.63, 3.8) is 0 Å². The smallest absolute Gasteiger partial charge is 0.251 e. The maximum Gasteiger partial charge on any atom is 0.251 e. The molecule has 0 bridgehead atoms. The van der Waals surface area contributed by atoms with Gasteiger partial charge in [0.2, 0.25) is 5.91 Å². The van der Waals surface area contributed by atoms with E-state index in [1.807, 2.05) is 25.1 Å². The van der Waals surface area contributed by atoms with Crippen LogP contribution in [0.15, 0.2) is 30.3 Å². The molecule has 1 atom stereocenters. The van der Waals surface area contributed by atoms with Crippen molar-refractivity contribution in [2.75, 3.05) is 36.4 Å². The van der Waals surface area contributed by atoms with Crippen molar-refractivity contribution in [2.45, 2.75) is 32.2 Å². The first-order valence-corrected chi connectivity index (χ1v) is 10.7. The molecule has 0 radical (unpaired) electrons. The van der Waals surface area contributed by atoms with E-state index in [-0.39, 0.29) is 11.9 Å². The number of benzene rings is 1. The molecule has 6 nitrogen and oxygen atoms in total. The monoisotopic (exact) mass is 398 g/mol. The third kappa shape index (κ3) is 3.64. The van der Waals surface area contributed by atoms with Crippen LogP contribution in [0.25, 0.3) is 0 Å². The Morgan fingerprint density at radius 2 is 1.82 bits per heavy atom. The van der Waals surface area contributed by atoms with Gasteiger partial charge >= 0.3 is 0 Å². The van der Waals surface area contributed by atoms with E-state index in [1.54, 1.807) is 0 Å². The Kier molecular flexibility index (Phi) is 5.37. The first kappa shape index (κ1) is 19.0. The van der Waals surface area contributed by atoms with E-state index in [2.05, 4.69) is 27.2 Å². The number of carbonyl (C=O) groups excluding carboxylic acids is 2. The van der Waals surface area contributed by atoms with Crippen LogP contribution in [0.3, 0.4) is 0 Å². The number of carbonyl (C=O) groups is 2. The molecule has 1 fully saturated rings. The van der Waals surface area contributed by atoms with E-state index in [9.17, 15) is 9.59 Å². The Labute approximate surface area is 169 Å². The highest BCUT2D eigenvalue weighted by molar-refractivity contribution is 7.17. The fourth-order valence-electron chi connectivity index (χ4n) is 4.14. The summed E-state index contributed by atoms with van der Waals surface area (Å²) in [6.07, 6.45) is 2.89. The van der Waals surface area contributed by atoms with Gasteiger partial charge in [0.25, 0.3) is 5.91 Å². The minimum Gasteiger partial charge on any atom is -0.369 e. The number of hydrogen-bond donors (Lipinski definition) is 2. The lowest BCUT2D eigenvalue weighted by Gasteiger charge is -2.38. The van der Waals surface area contributed by atoms with Gasteiger partial charge in [-0.2, -0.15) is 0 Å². The molecule has 2 amide bonds. The van der Waals surface area contributed by atoms with Crippen LogP contribution in [-0.4, -0.2) is 48.9 Å². The van der Waals surface area contributed by atoms with Gasteiger partial charge in [-0.3, -0.25) is 14.5 Å². The standard InChI is InChI=1S/C21H26N4O2S/c1-14(24-10-12-25(13-11-24)15-6-3-2-4-7-15)20(27)23-21-18(19(22)26)16-8-5-9-17(16)28-21/h2-4,6-7,14H,5,8-13H2,1H3,(H2,22,26)(H,23,27). The summed E-state index contributed by atoms with van der Waals surface area (Å²) in [5.41, 5.74) is 8.38. The summed E-state index contributed by atoms with van der Waals surface area (Å²) in [6, 6.07) is 10.1. The topological polar surface area (TPSA) is 78.7 Å². The lowest BCUT2D eigenvalue weighted by Crippen LogP contribution is -2.52. The predicted octanol–water partition coefficient (Wildman–Crippen LogP) is 2.48. The summed E-state index contributed by atoms with van der Waals surface area (Å²) in [5, 5.41) is 3.61. The minimum atomic E-state index is -0.446. The molecule has 1 aliphatic heterocycles. The normalized spacial score (nSPS) is 18.0. The van der Waals surface area contributed by atoms with Gasteiger partial charge < -0.3 is 16.0 Å². The van der Waals surface area contributed by atoms with Crippen molar-refractivity contribution in [1.29, 1.82) is 0 Å². The fourth-order valence-corrected chi connectivity index (χ4v) is 5.44. The highest BCUT2D eigenvalue weighted by atomic mass is 32.1. The van der Waals surface area contributed by atoms with E-state index in [0.717, 1.165) is 51.0 Å². The molecule has 2 heterocycles. The summed E-state index contributed by atoms with van der Waals surface area (Å²) < 4.78 is 0. The number of nitrogens with two attached hydrogens (primary N) is 1. The van der Waals surface area contributed by atoms with Gasteiger partial charge in [-0.05, 0) is 43.9 Å². The number of nitrogens with one attached hydrogen (secondary N) is 1. The molecule has 4 rings (SSSR count). The molecule has 1 unspecified atom stereocenters. The Morgan fingerprint density at radius 1 is 1.11 bits per heavy atom. The molecule has 2 aliphatic rings. The van der Waals surface area contributed by atoms with E-state index in [4.69, 9.17) is 5.73 Å². The van der Waals surface area contributed by atoms with Crippen LogP contribution in [0, 0.1) is 0 Å². The second-order valence-corrected chi connectivity index (χ2v) is 8.55. The Hall–Kier alpha value is -2.38. The molecule has 0 spiro atoms. The van der Waals surface area contributed by atoms with Gasteiger partial charge in [0.15, 0.2) is 0 Å². The molecule has 3 N–H and O–H groups in total. The highest BCUT2D eigenvalue weighted by Crippen LogP contribution is 2.39. The van der Waals surface area contributed by atoms with E-state index < -0.39 is 5.91 Å². The zero-order valence-corrected chi connectivity index (χ0v) is 16.9. The molecule has 1 aromatic heterocycles. The molecule has 0 saturated carbocycles. The van der Waals surface area contributed by atoms with Gasteiger partial charge in [-0.1, -0.05) is 18.2 Å². The minimum absolute atomic E-state index is 0.0735. The number of hydrogen-bond acceptors (Lipinski definition) is 5. The Morgan fingerprint density at radius 3 is 2.50 bits per heavy atom. The van der Waals surface area contributed by atoms with Crippen LogP contribution in [0.5, 0.6) is 0 Å². The molecule has 1 aromatic carbocycles. The zero-order valence-electron chi connectivity index (χ0n) is 16.1. The fraction of sp³-hybridized carbons (Fsp3) is 0.429. The van der Waals surface area contributed by atoms with Gasteiger partial charge in [0, 0.05) is 36.7 Å². The third-order valence-electron chi connectivity index (χ3n) is 5.77. The number of primary amides is 1. The molecular formula is C21H26N4O2S. The Balaban J connectivity index is 1.39. The number of amides is 2. The molecule has 1 saturated heterocycles. The average molecular weight is 399 g/mol. The summed E-state index contributed by atoms with van der Waals surface area (Å²) in [4.78, 5) is 30.5. The van der Waals surface area contributed by atoms with Crippen molar-refractivity contribution >= 4 is 33.8 Å². The molecule has 2 aromatic rings. The number of nitrogens with zero attached hydrogens (tertiary/aromatic N) is 2. The van der Waals surface area contributed by atoms with Gasteiger partial charge in [-0.25, -0.2) is 0 Å². The van der Waals surface area contributed by atoms with Crippen molar-refractivity contribution in [2.24, 2.45) is 5.73 Å². The number of thiophene rings is 1. The van der Waals surface area contributed by atoms with Crippen molar-refractivity contribution in [3.8, 4) is 0 Å². The van der Waals surface area contributed by atoms with Gasteiger partial charge in [-0.15, -0.1) is 11.3 Å². The maximum atomic E-state index is 12.9. The third-order valence-corrected chi connectivity index (χ3v) is 6.97. The van der Waals surface area contributed by atoms with Crippen LogP contribution in [-0.2, 0) is 17.6 Å². The number of para-hydroxylation sites is 1. The molecule has 28 heavy (non-hydrogen) atoms. The highest BCUT2D eigenvalue weighted by Gasteiger charge is 2.29. The summed E-state index contributed by atoms with van der Waals surface area (Å²) in [6.45, 7) is 5.36. The molecule has 1 aliphatic carbocycles. The molecule has 7 heteroatoms. The molecule has 148 valence electrons. The van der Waals surface area contributed by atoms with Crippen LogP contribution >= 0.6 is 11.3 Å². The molecular weight excluding hydrogens is 372 g/mol. The summed E-state index contributed by atoms with van der Waals surface area (Å²) in [5.74, 6) is -0.519. The van der Waals surface area contributed by atoms with E-state index in [1.165, 1.54) is 21.9 Å². The van der Waals surface area contributed by atoms with Crippen molar-refractivity contribution < 1.29 is 9.59 Å². The van der Waals surface area contributed by atoms with E-state index >= 15 is 0 Å². The van der Waals surface area contributed by atoms with E-state index in [0.29, 0.717) is 10.6 Å². The van der Waals surface area contributed by atoms with Crippen LogP contribution in [0.1, 0.15) is 34.1 Å². The summed E-state index contributed by atoms with van der Waals surface area (Å²) >= 11 is 1.51. The lowest BCUT2D eigenvalue weighted by molar-refractivity contribution is -0.120. The van der Waals surface area contributed by atoms with Gasteiger partial charge in [0.05, 0.1) is 11.6 Å². The number of rotatable bonds is 5. The Bertz CT molecular complexity index is 872. The number of aryl methyl sites for hydroxylation is 1. The van der Waals surface area contributed by atoms with Crippen LogP contribution < -0.4 is 16.0 Å². The first-order valence-electron chi connectivity index (χ1n) is 9.84. The van der Waals surface area contributed by atoms with Crippen LogP contribution in [0.2, 0.25) is 0 Å². The lowest BCUT2D eigenvalue weighted by atomic mass is 10.1. The SMILES string of the molecule is CC(C(=O)Nc1sc2c(c1C(N)=O)CCC2)N1CCN(c2ccccc2)CC1. The quantitative estimate of drug-likeness (QED) is 0.811. The number of piperazine rings is 1. The number of fused-ring (bicyclic) bond motifs is 1. The van der Waals surface area contributed by atoms with Crippen molar-refractivity contribution in [1.82, 2.24) is 4.90 Å². The predicted molar refractivity (Wildman–Crippen MR) is 113 cm³/mol. The first-order chi connectivity index (χ1) is 13.5. The van der Waals surface area contributed by atoms with Gasteiger partial charge in [0.1, 0.15) is 5.00 Å².